The summed E-state index contributed by atoms with van der Waals surface area (Å²) in [6.45, 7) is 0. The van der Waals surface area contributed by atoms with Crippen molar-refractivity contribution in [2.24, 2.45) is 0 Å². The second-order valence-corrected chi connectivity index (χ2v) is 6.13. The van der Waals surface area contributed by atoms with Crippen LogP contribution in [-0.2, 0) is 4.74 Å². The van der Waals surface area contributed by atoms with Crippen LogP contribution in [0.25, 0.3) is 0 Å². The van der Waals surface area contributed by atoms with Crippen molar-refractivity contribution in [3.8, 4) is 0 Å². The number of nitrogens with zero attached hydrogens (tertiary/aromatic N) is 1. The molecule has 0 aliphatic carbocycles. The third kappa shape index (κ3) is 2.28. The minimum Gasteiger partial charge on any atom is -0.436 e. The third-order valence-electron chi connectivity index (χ3n) is 2.57. The predicted molar refractivity (Wildman–Crippen MR) is 68.0 cm³/mol. The van der Waals surface area contributed by atoms with Crippen molar-refractivity contribution in [2.45, 2.75) is 9.90 Å². The van der Waals surface area contributed by atoms with E-state index in [-0.39, 0.29) is 5.56 Å². The first-order valence-electron chi connectivity index (χ1n) is 4.96. The highest BCUT2D eigenvalue weighted by Crippen LogP contribution is 2.44. The molecule has 0 N–H and O–H groups in total. The summed E-state index contributed by atoms with van der Waals surface area (Å²) < 4.78 is 3.21. The van der Waals surface area contributed by atoms with Crippen LogP contribution in [-0.4, -0.2) is 27.7 Å². The smallest absolute Gasteiger partial charge is 0.417 e. The number of ether oxygens (including phenoxy) is 1. The monoisotopic (exact) mass is 307 g/mol. The molecule has 0 aromatic heterocycles. The number of carbonyl (C=O) groups excluding carboxylic acids is 2. The van der Waals surface area contributed by atoms with E-state index < -0.39 is 21.9 Å². The SMILES string of the molecule is CN1C(=O)OC(C(Cl)(Cl)Cl)c2ccccc2C1=O. The number of carbonyl (C=O) groups is 2. The summed E-state index contributed by atoms with van der Waals surface area (Å²) >= 11 is 17.4. The fourth-order valence-electron chi connectivity index (χ4n) is 1.67. The van der Waals surface area contributed by atoms with Gasteiger partial charge in [0.05, 0.1) is 0 Å². The van der Waals surface area contributed by atoms with E-state index >= 15 is 0 Å². The van der Waals surface area contributed by atoms with Crippen LogP contribution in [0.15, 0.2) is 24.3 Å². The molecule has 1 heterocycles. The van der Waals surface area contributed by atoms with E-state index in [0.29, 0.717) is 5.56 Å². The minimum atomic E-state index is -1.85. The number of benzene rings is 1. The lowest BCUT2D eigenvalue weighted by molar-refractivity contribution is 0.0624. The number of hydrogen-bond donors (Lipinski definition) is 0. The van der Waals surface area contributed by atoms with Gasteiger partial charge in [0, 0.05) is 18.2 Å². The summed E-state index contributed by atoms with van der Waals surface area (Å²) in [5.74, 6) is -0.493. The Balaban J connectivity index is 2.61. The van der Waals surface area contributed by atoms with Gasteiger partial charge < -0.3 is 4.74 Å². The number of fused-ring (bicyclic) bond motifs is 1. The maximum atomic E-state index is 12.0. The van der Waals surface area contributed by atoms with Gasteiger partial charge in [0.2, 0.25) is 3.79 Å². The topological polar surface area (TPSA) is 46.6 Å². The fourth-order valence-corrected chi connectivity index (χ4v) is 2.16. The Morgan fingerprint density at radius 1 is 1.22 bits per heavy atom. The minimum absolute atomic E-state index is 0.280. The Morgan fingerprint density at radius 2 is 1.83 bits per heavy atom. The summed E-state index contributed by atoms with van der Waals surface area (Å²) in [6, 6.07) is 6.48. The summed E-state index contributed by atoms with van der Waals surface area (Å²) in [5, 5.41) is 0. The van der Waals surface area contributed by atoms with Crippen LogP contribution < -0.4 is 0 Å². The van der Waals surface area contributed by atoms with Crippen LogP contribution in [0.4, 0.5) is 4.79 Å². The number of alkyl halides is 3. The highest BCUT2D eigenvalue weighted by atomic mass is 35.6. The van der Waals surface area contributed by atoms with Crippen LogP contribution in [0.5, 0.6) is 0 Å². The van der Waals surface area contributed by atoms with E-state index in [0.717, 1.165) is 4.90 Å². The molecule has 7 heteroatoms. The number of rotatable bonds is 0. The van der Waals surface area contributed by atoms with Crippen LogP contribution in [0.1, 0.15) is 22.0 Å². The summed E-state index contributed by atoms with van der Waals surface area (Å²) in [6.07, 6.45) is -1.98. The molecule has 0 radical (unpaired) electrons. The molecule has 0 fully saturated rings. The molecule has 0 saturated heterocycles. The second-order valence-electron chi connectivity index (χ2n) is 3.76. The predicted octanol–water partition coefficient (Wildman–Crippen LogP) is 3.32. The van der Waals surface area contributed by atoms with Gasteiger partial charge in [-0.1, -0.05) is 53.0 Å². The van der Waals surface area contributed by atoms with Crippen molar-refractivity contribution < 1.29 is 14.3 Å². The average molecular weight is 309 g/mol. The summed E-state index contributed by atoms with van der Waals surface area (Å²) in [4.78, 5) is 24.5. The average Bonchev–Trinajstić information content (AvgIpc) is 2.40. The zero-order valence-corrected chi connectivity index (χ0v) is 11.5. The van der Waals surface area contributed by atoms with Crippen molar-refractivity contribution in [3.63, 3.8) is 0 Å². The van der Waals surface area contributed by atoms with E-state index in [1.165, 1.54) is 7.05 Å². The van der Waals surface area contributed by atoms with E-state index in [1.807, 2.05) is 0 Å². The molecule has 2 amide bonds. The first-order valence-corrected chi connectivity index (χ1v) is 6.10. The number of hydrogen-bond acceptors (Lipinski definition) is 3. The van der Waals surface area contributed by atoms with Gasteiger partial charge in [-0.25, -0.2) is 9.69 Å². The van der Waals surface area contributed by atoms with Crippen LogP contribution in [0.2, 0.25) is 0 Å². The van der Waals surface area contributed by atoms with E-state index in [9.17, 15) is 9.59 Å². The van der Waals surface area contributed by atoms with Crippen molar-refractivity contribution in [3.05, 3.63) is 35.4 Å². The van der Waals surface area contributed by atoms with Gasteiger partial charge in [-0.3, -0.25) is 4.79 Å². The molecule has 96 valence electrons. The van der Waals surface area contributed by atoms with E-state index in [2.05, 4.69) is 0 Å². The Morgan fingerprint density at radius 3 is 2.44 bits per heavy atom. The Labute approximate surface area is 118 Å². The molecule has 0 saturated carbocycles. The van der Waals surface area contributed by atoms with Crippen molar-refractivity contribution in [1.29, 1.82) is 0 Å². The Bertz CT molecular complexity index is 513. The number of halogens is 3. The molecule has 1 aliphatic heterocycles. The number of amides is 2. The van der Waals surface area contributed by atoms with Crippen molar-refractivity contribution in [2.75, 3.05) is 7.05 Å². The molecule has 0 spiro atoms. The lowest BCUT2D eigenvalue weighted by Gasteiger charge is -2.23. The van der Waals surface area contributed by atoms with Crippen LogP contribution in [0.3, 0.4) is 0 Å². The highest BCUT2D eigenvalue weighted by molar-refractivity contribution is 6.68. The molecule has 1 aromatic carbocycles. The zero-order chi connectivity index (χ0) is 13.5. The molecule has 2 rings (SSSR count). The second kappa shape index (κ2) is 4.61. The fraction of sp³-hybridized carbons (Fsp3) is 0.273. The maximum absolute atomic E-state index is 12.0. The van der Waals surface area contributed by atoms with Gasteiger partial charge >= 0.3 is 6.09 Å². The van der Waals surface area contributed by atoms with Crippen molar-refractivity contribution >= 4 is 46.8 Å². The molecule has 1 aromatic rings. The molecule has 18 heavy (non-hydrogen) atoms. The Hall–Kier alpha value is -0.970. The lowest BCUT2D eigenvalue weighted by Crippen LogP contribution is -2.32. The quantitative estimate of drug-likeness (QED) is 0.691. The highest BCUT2D eigenvalue weighted by Gasteiger charge is 2.43. The van der Waals surface area contributed by atoms with Crippen molar-refractivity contribution in [1.82, 2.24) is 4.90 Å². The molecule has 1 atom stereocenters. The van der Waals surface area contributed by atoms with Gasteiger partial charge in [-0.15, -0.1) is 0 Å². The van der Waals surface area contributed by atoms with E-state index in [1.54, 1.807) is 24.3 Å². The normalized spacial score (nSPS) is 20.2. The van der Waals surface area contributed by atoms with Gasteiger partial charge in [-0.2, -0.15) is 0 Å². The first-order chi connectivity index (χ1) is 8.32. The van der Waals surface area contributed by atoms with Gasteiger partial charge in [0.1, 0.15) is 0 Å². The summed E-state index contributed by atoms with van der Waals surface area (Å²) in [7, 11) is 1.31. The first kappa shape index (κ1) is 13.5. The molecular formula is C11H8Cl3NO3. The molecule has 4 nitrogen and oxygen atoms in total. The zero-order valence-electron chi connectivity index (χ0n) is 9.19. The summed E-state index contributed by atoms with van der Waals surface area (Å²) in [5.41, 5.74) is 0.655. The van der Waals surface area contributed by atoms with Crippen LogP contribution >= 0.6 is 34.8 Å². The molecule has 1 aliphatic rings. The third-order valence-corrected chi connectivity index (χ3v) is 3.16. The maximum Gasteiger partial charge on any atom is 0.417 e. The van der Waals surface area contributed by atoms with Gasteiger partial charge in [-0.05, 0) is 6.07 Å². The molecule has 1 unspecified atom stereocenters. The van der Waals surface area contributed by atoms with E-state index in [4.69, 9.17) is 39.5 Å². The van der Waals surface area contributed by atoms with Gasteiger partial charge in [0.25, 0.3) is 5.91 Å². The van der Waals surface area contributed by atoms with Gasteiger partial charge in [0.15, 0.2) is 6.10 Å². The standard InChI is InChI=1S/C11H8Cl3NO3/c1-15-9(16)7-5-3-2-4-6(7)8(11(12,13)14)18-10(15)17/h2-5,8H,1H3. The van der Waals surface area contributed by atoms with Crippen LogP contribution in [0, 0.1) is 0 Å². The number of imide groups is 1. The largest absolute Gasteiger partial charge is 0.436 e. The molecule has 0 bridgehead atoms. The molecular weight excluding hydrogens is 300 g/mol. The Kier molecular flexibility index (Phi) is 3.45. The lowest BCUT2D eigenvalue weighted by atomic mass is 10.0. The number of cyclic esters (lactones) is 1.